The average Bonchev–Trinajstić information content (AvgIpc) is 2.94. The number of ether oxygens (including phenoxy) is 2. The molecule has 0 fully saturated rings. The molecule has 1 aliphatic heterocycles. The molecule has 2 N–H and O–H groups in total. The molecule has 7 heteroatoms. The average molecular weight is 400 g/mol. The van der Waals surface area contributed by atoms with Crippen molar-refractivity contribution in [3.05, 3.63) is 41.5 Å². The number of rotatable bonds is 5. The molecule has 0 aromatic heterocycles. The smallest absolute Gasteiger partial charge is 0.252 e. The second kappa shape index (κ2) is 8.61. The molecule has 0 aliphatic carbocycles. The summed E-state index contributed by atoms with van der Waals surface area (Å²) in [6.07, 6.45) is 0.425. The van der Waals surface area contributed by atoms with Gasteiger partial charge in [0.05, 0.1) is 19.2 Å². The van der Waals surface area contributed by atoms with Crippen molar-refractivity contribution in [1.29, 1.82) is 0 Å². The minimum Gasteiger partial charge on any atom is -0.497 e. The van der Waals surface area contributed by atoms with Gasteiger partial charge >= 0.3 is 0 Å². The van der Waals surface area contributed by atoms with Gasteiger partial charge in [-0.3, -0.25) is 9.59 Å². The molecule has 3 rings (SSSR count). The van der Waals surface area contributed by atoms with Crippen molar-refractivity contribution in [2.24, 2.45) is 5.73 Å². The first-order valence-corrected chi connectivity index (χ1v) is 10.7. The number of nitrogens with zero attached hydrogens (tertiary/aromatic N) is 1. The lowest BCUT2D eigenvalue weighted by molar-refractivity contribution is -0.131. The molecular formula is C21H25N2O4P. The number of carbonyl (C=O) groups is 2. The fourth-order valence-electron chi connectivity index (χ4n) is 3.33. The van der Waals surface area contributed by atoms with E-state index in [0.29, 0.717) is 46.0 Å². The zero-order chi connectivity index (χ0) is 20.3. The van der Waals surface area contributed by atoms with Crippen LogP contribution in [0.4, 0.5) is 0 Å². The Morgan fingerprint density at radius 1 is 1.21 bits per heavy atom. The molecule has 6 nitrogen and oxygen atoms in total. The molecule has 0 bridgehead atoms. The van der Waals surface area contributed by atoms with Gasteiger partial charge in [0.1, 0.15) is 18.1 Å². The highest BCUT2D eigenvalue weighted by molar-refractivity contribution is 7.46. The van der Waals surface area contributed by atoms with Gasteiger partial charge in [-0.05, 0) is 53.4 Å². The Morgan fingerprint density at radius 2 is 1.96 bits per heavy atom. The summed E-state index contributed by atoms with van der Waals surface area (Å²) >= 11 is 0. The van der Waals surface area contributed by atoms with E-state index in [0.717, 1.165) is 27.7 Å². The SMILES string of the molecule is CCC(=O)N1CCOc2c(cc(-c3cc(OC)cc(PC)c3)cc2C(N)=O)C1. The number of methoxy groups -OCH3 is 1. The van der Waals surface area contributed by atoms with E-state index < -0.39 is 5.91 Å². The summed E-state index contributed by atoms with van der Waals surface area (Å²) in [7, 11) is 2.25. The molecule has 2 amide bonds. The lowest BCUT2D eigenvalue weighted by Gasteiger charge is -2.19. The van der Waals surface area contributed by atoms with Crippen molar-refractivity contribution >= 4 is 25.7 Å². The number of benzene rings is 2. The van der Waals surface area contributed by atoms with E-state index in [9.17, 15) is 9.59 Å². The Labute approximate surface area is 166 Å². The summed E-state index contributed by atoms with van der Waals surface area (Å²) in [6, 6.07) is 9.75. The molecule has 1 heterocycles. The molecule has 1 aliphatic rings. The fourth-order valence-corrected chi connectivity index (χ4v) is 3.92. The minimum atomic E-state index is -0.547. The molecule has 1 atom stereocenters. The Balaban J connectivity index is 2.14. The summed E-state index contributed by atoms with van der Waals surface area (Å²) in [6.45, 7) is 5.15. The lowest BCUT2D eigenvalue weighted by Crippen LogP contribution is -2.31. The first-order valence-electron chi connectivity index (χ1n) is 9.21. The van der Waals surface area contributed by atoms with Crippen LogP contribution in [0.25, 0.3) is 11.1 Å². The van der Waals surface area contributed by atoms with E-state index in [2.05, 4.69) is 12.7 Å². The van der Waals surface area contributed by atoms with Crippen LogP contribution in [-0.4, -0.2) is 43.6 Å². The van der Waals surface area contributed by atoms with Crippen molar-refractivity contribution in [1.82, 2.24) is 4.90 Å². The predicted molar refractivity (Wildman–Crippen MR) is 112 cm³/mol. The largest absolute Gasteiger partial charge is 0.497 e. The molecule has 28 heavy (non-hydrogen) atoms. The van der Waals surface area contributed by atoms with Gasteiger partial charge in [0, 0.05) is 18.5 Å². The highest BCUT2D eigenvalue weighted by atomic mass is 31.1. The first kappa shape index (κ1) is 20.2. The summed E-state index contributed by atoms with van der Waals surface area (Å²) in [5.41, 5.74) is 8.55. The van der Waals surface area contributed by atoms with Crippen LogP contribution >= 0.6 is 8.58 Å². The number of amides is 2. The maximum absolute atomic E-state index is 12.2. The number of carbonyl (C=O) groups excluding carboxylic acids is 2. The van der Waals surface area contributed by atoms with Crippen LogP contribution in [0, 0.1) is 0 Å². The van der Waals surface area contributed by atoms with Crippen LogP contribution in [0.3, 0.4) is 0 Å². The lowest BCUT2D eigenvalue weighted by atomic mass is 9.97. The molecule has 148 valence electrons. The van der Waals surface area contributed by atoms with Gasteiger partial charge in [0.2, 0.25) is 5.91 Å². The molecule has 0 radical (unpaired) electrons. The van der Waals surface area contributed by atoms with E-state index >= 15 is 0 Å². The van der Waals surface area contributed by atoms with Crippen molar-refractivity contribution in [3.8, 4) is 22.6 Å². The Bertz CT molecular complexity index is 891. The summed E-state index contributed by atoms with van der Waals surface area (Å²) in [5.74, 6) is 0.742. The number of hydrogen-bond acceptors (Lipinski definition) is 4. The normalized spacial score (nSPS) is 13.8. The Kier molecular flexibility index (Phi) is 6.20. The van der Waals surface area contributed by atoms with Gasteiger partial charge in [-0.25, -0.2) is 0 Å². The molecule has 0 spiro atoms. The topological polar surface area (TPSA) is 81.9 Å². The fraction of sp³-hybridized carbons (Fsp3) is 0.333. The number of primary amides is 1. The summed E-state index contributed by atoms with van der Waals surface area (Å²) in [4.78, 5) is 26.1. The van der Waals surface area contributed by atoms with Crippen LogP contribution < -0.4 is 20.5 Å². The number of hydrogen-bond donors (Lipinski definition) is 1. The number of fused-ring (bicyclic) bond motifs is 1. The van der Waals surface area contributed by atoms with Crippen LogP contribution in [0.2, 0.25) is 0 Å². The molecule has 2 aromatic carbocycles. The zero-order valence-electron chi connectivity index (χ0n) is 16.4. The standard InChI is InChI=1S/C21H25N2O4P/c1-4-19(24)23-5-6-27-20-15(12-23)7-13(10-18(20)21(22)25)14-8-16(26-2)11-17(9-14)28-3/h7-11,28H,4-6,12H2,1-3H3,(H2,22,25). The van der Waals surface area contributed by atoms with Crippen molar-refractivity contribution < 1.29 is 19.1 Å². The van der Waals surface area contributed by atoms with E-state index in [-0.39, 0.29) is 5.91 Å². The Morgan fingerprint density at radius 3 is 2.61 bits per heavy atom. The van der Waals surface area contributed by atoms with Gasteiger partial charge in [-0.2, -0.15) is 0 Å². The highest BCUT2D eigenvalue weighted by Crippen LogP contribution is 2.34. The van der Waals surface area contributed by atoms with Crippen molar-refractivity contribution in [2.45, 2.75) is 19.9 Å². The van der Waals surface area contributed by atoms with E-state index in [1.807, 2.05) is 25.1 Å². The minimum absolute atomic E-state index is 0.0540. The summed E-state index contributed by atoms with van der Waals surface area (Å²) in [5, 5.41) is 1.16. The van der Waals surface area contributed by atoms with E-state index in [1.165, 1.54) is 0 Å². The molecule has 2 aromatic rings. The third-order valence-corrected chi connectivity index (χ3v) is 5.69. The van der Waals surface area contributed by atoms with Gasteiger partial charge in [-0.15, -0.1) is 0 Å². The second-order valence-electron chi connectivity index (χ2n) is 6.59. The quantitative estimate of drug-likeness (QED) is 0.782. The molecule has 0 saturated heterocycles. The third kappa shape index (κ3) is 4.12. The second-order valence-corrected chi connectivity index (χ2v) is 7.67. The van der Waals surface area contributed by atoms with Crippen LogP contribution in [0.1, 0.15) is 29.3 Å². The van der Waals surface area contributed by atoms with Gasteiger partial charge in [-0.1, -0.05) is 15.5 Å². The van der Waals surface area contributed by atoms with E-state index in [4.69, 9.17) is 15.2 Å². The van der Waals surface area contributed by atoms with Gasteiger partial charge in [0.15, 0.2) is 0 Å². The van der Waals surface area contributed by atoms with Gasteiger partial charge < -0.3 is 20.1 Å². The maximum Gasteiger partial charge on any atom is 0.252 e. The van der Waals surface area contributed by atoms with Crippen LogP contribution in [0.5, 0.6) is 11.5 Å². The third-order valence-electron chi connectivity index (χ3n) is 4.82. The monoisotopic (exact) mass is 400 g/mol. The Hall–Kier alpha value is -2.59. The molecule has 1 unspecified atom stereocenters. The van der Waals surface area contributed by atoms with E-state index in [1.54, 1.807) is 18.1 Å². The number of nitrogens with two attached hydrogens (primary N) is 1. The van der Waals surface area contributed by atoms with Crippen molar-refractivity contribution in [3.63, 3.8) is 0 Å². The first-order chi connectivity index (χ1) is 13.5. The van der Waals surface area contributed by atoms with Crippen LogP contribution in [-0.2, 0) is 11.3 Å². The predicted octanol–water partition coefficient (Wildman–Crippen LogP) is 2.53. The highest BCUT2D eigenvalue weighted by Gasteiger charge is 2.24. The van der Waals surface area contributed by atoms with Gasteiger partial charge in [0.25, 0.3) is 5.91 Å². The molecule has 0 saturated carbocycles. The zero-order valence-corrected chi connectivity index (χ0v) is 17.4. The van der Waals surface area contributed by atoms with Crippen LogP contribution in [0.15, 0.2) is 30.3 Å². The summed E-state index contributed by atoms with van der Waals surface area (Å²) < 4.78 is 11.3. The van der Waals surface area contributed by atoms with Crippen molar-refractivity contribution in [2.75, 3.05) is 26.9 Å². The molecular weight excluding hydrogens is 375 g/mol. The maximum atomic E-state index is 12.2.